The number of ether oxygens (including phenoxy) is 2. The van der Waals surface area contributed by atoms with Gasteiger partial charge in [-0.05, 0) is 54.8 Å². The van der Waals surface area contributed by atoms with Gasteiger partial charge in [-0.3, -0.25) is 4.98 Å². The van der Waals surface area contributed by atoms with Crippen LogP contribution in [-0.4, -0.2) is 96.8 Å². The molecule has 4 heterocycles. The summed E-state index contributed by atoms with van der Waals surface area (Å²) in [5.74, 6) is -2.72. The number of nitrogen functional groups attached to an aromatic ring is 1. The highest BCUT2D eigenvalue weighted by molar-refractivity contribution is 6.03. The largest absolute Gasteiger partial charge is 0.405 e. The molecule has 51 heavy (non-hydrogen) atoms. The van der Waals surface area contributed by atoms with Gasteiger partial charge in [-0.2, -0.15) is 9.97 Å². The van der Waals surface area contributed by atoms with Crippen molar-refractivity contribution < 1.29 is 48.2 Å². The molecule has 2 aliphatic heterocycles. The molecule has 1 unspecified atom stereocenters. The highest BCUT2D eigenvalue weighted by atomic mass is 19.1. The number of nitrogens with zero attached hydrogens (tertiary/aromatic N) is 5. The third-order valence-corrected chi connectivity index (χ3v) is 9.47. The zero-order valence-corrected chi connectivity index (χ0v) is 27.8. The van der Waals surface area contributed by atoms with Gasteiger partial charge < -0.3 is 45.6 Å². The maximum atomic E-state index is 16.9. The SMILES string of the molecule is C#Cc1c(F)ccc2cc(N)cc(-c3ncc4c(N5CCOCC(C)C5)nc(OC(O)(O)[C@@]5(C)CN(C(O)(O)O)CCC/C5=C\F)nc4c3F)c12. The molecule has 270 valence electrons. The van der Waals surface area contributed by atoms with E-state index >= 15 is 4.39 Å². The van der Waals surface area contributed by atoms with Crippen molar-refractivity contribution in [1.82, 2.24) is 19.9 Å². The monoisotopic (exact) mass is 710 g/mol. The van der Waals surface area contributed by atoms with Crippen molar-refractivity contribution in [1.29, 1.82) is 0 Å². The summed E-state index contributed by atoms with van der Waals surface area (Å²) in [6, 6.07) is 4.83. The number of benzene rings is 2. The Balaban J connectivity index is 1.56. The van der Waals surface area contributed by atoms with Gasteiger partial charge in [0.15, 0.2) is 5.82 Å². The molecule has 0 saturated carbocycles. The Hall–Kier alpha value is -4.60. The molecule has 6 rings (SSSR count). The second-order valence-corrected chi connectivity index (χ2v) is 13.2. The Kier molecular flexibility index (Phi) is 9.59. The maximum absolute atomic E-state index is 16.9. The van der Waals surface area contributed by atoms with Gasteiger partial charge in [-0.25, -0.2) is 18.1 Å². The van der Waals surface area contributed by atoms with Gasteiger partial charge in [0.2, 0.25) is 0 Å². The van der Waals surface area contributed by atoms with Gasteiger partial charge in [0, 0.05) is 49.0 Å². The van der Waals surface area contributed by atoms with Crippen LogP contribution < -0.4 is 15.4 Å². The van der Waals surface area contributed by atoms with Crippen LogP contribution in [0.3, 0.4) is 0 Å². The van der Waals surface area contributed by atoms with E-state index in [0.717, 1.165) is 0 Å². The van der Waals surface area contributed by atoms with Gasteiger partial charge in [-0.1, -0.05) is 18.9 Å². The lowest BCUT2D eigenvalue weighted by atomic mass is 9.78. The summed E-state index contributed by atoms with van der Waals surface area (Å²) in [7, 11) is 0. The summed E-state index contributed by atoms with van der Waals surface area (Å²) >= 11 is 0. The molecule has 0 spiro atoms. The first kappa shape index (κ1) is 36.2. The van der Waals surface area contributed by atoms with E-state index in [2.05, 4.69) is 20.9 Å². The summed E-state index contributed by atoms with van der Waals surface area (Å²) < 4.78 is 57.4. The molecule has 13 nitrogen and oxygen atoms in total. The third kappa shape index (κ3) is 6.65. The zero-order valence-electron chi connectivity index (χ0n) is 27.8. The van der Waals surface area contributed by atoms with Crippen LogP contribution in [0.25, 0.3) is 32.9 Å². The average molecular weight is 711 g/mol. The van der Waals surface area contributed by atoms with Crippen molar-refractivity contribution in [3.63, 3.8) is 0 Å². The Morgan fingerprint density at radius 1 is 1.16 bits per heavy atom. The fourth-order valence-corrected chi connectivity index (χ4v) is 6.74. The van der Waals surface area contributed by atoms with Crippen molar-refractivity contribution in [3.05, 3.63) is 59.6 Å². The molecule has 7 N–H and O–H groups in total. The fraction of sp³-hybridized carbons (Fsp3) is 0.400. The summed E-state index contributed by atoms with van der Waals surface area (Å²) in [5, 5.41) is 53.6. The van der Waals surface area contributed by atoms with E-state index in [9.17, 15) is 34.3 Å². The number of likely N-dealkylation sites (tertiary alicyclic amines) is 1. The Labute approximate surface area is 290 Å². The molecule has 0 radical (unpaired) electrons. The predicted octanol–water partition coefficient (Wildman–Crippen LogP) is 2.72. The second kappa shape index (κ2) is 13.5. The molecule has 2 saturated heterocycles. The van der Waals surface area contributed by atoms with Gasteiger partial charge in [0.25, 0.3) is 0 Å². The molecule has 2 aromatic heterocycles. The molecule has 0 aliphatic carbocycles. The van der Waals surface area contributed by atoms with Crippen molar-refractivity contribution >= 4 is 33.2 Å². The highest BCUT2D eigenvalue weighted by Gasteiger charge is 2.55. The van der Waals surface area contributed by atoms with Gasteiger partial charge >= 0.3 is 18.1 Å². The molecule has 0 bridgehead atoms. The lowest BCUT2D eigenvalue weighted by molar-refractivity contribution is -0.407. The number of rotatable bonds is 6. The Bertz CT molecular complexity index is 2070. The number of anilines is 2. The van der Waals surface area contributed by atoms with Gasteiger partial charge in [0.05, 0.1) is 35.9 Å². The van der Waals surface area contributed by atoms with Crippen molar-refractivity contribution in [2.75, 3.05) is 50.0 Å². The summed E-state index contributed by atoms with van der Waals surface area (Å²) in [5.41, 5.74) is 3.26. The first-order valence-corrected chi connectivity index (χ1v) is 16.1. The molecule has 2 aliphatic rings. The van der Waals surface area contributed by atoms with Gasteiger partial charge in [0.1, 0.15) is 22.8 Å². The smallest absolute Gasteiger partial charge is 0.345 e. The second-order valence-electron chi connectivity index (χ2n) is 13.2. The van der Waals surface area contributed by atoms with Crippen LogP contribution >= 0.6 is 0 Å². The summed E-state index contributed by atoms with van der Waals surface area (Å²) in [4.78, 5) is 15.5. The summed E-state index contributed by atoms with van der Waals surface area (Å²) in [6.45, 7) is 3.61. The van der Waals surface area contributed by atoms with E-state index in [4.69, 9.17) is 21.6 Å². The summed E-state index contributed by atoms with van der Waals surface area (Å²) in [6.07, 6.45) is 3.75. The van der Waals surface area contributed by atoms with Crippen LogP contribution in [0.1, 0.15) is 32.3 Å². The zero-order chi connectivity index (χ0) is 36.9. The van der Waals surface area contributed by atoms with Crippen LogP contribution in [0, 0.1) is 35.3 Å². The minimum Gasteiger partial charge on any atom is -0.405 e. The number of hydrogen-bond donors (Lipinski definition) is 6. The normalized spacial score (nSPS) is 21.9. The van der Waals surface area contributed by atoms with Crippen LogP contribution in [0.15, 0.2) is 42.4 Å². The molecule has 4 aromatic rings. The molecular formula is C35H37F3N6O7. The van der Waals surface area contributed by atoms with Gasteiger partial charge in [-0.15, -0.1) is 6.42 Å². The predicted molar refractivity (Wildman–Crippen MR) is 180 cm³/mol. The molecule has 0 amide bonds. The first-order valence-electron chi connectivity index (χ1n) is 16.1. The number of terminal acetylenes is 1. The maximum Gasteiger partial charge on any atom is 0.345 e. The van der Waals surface area contributed by atoms with E-state index in [-0.39, 0.29) is 88.4 Å². The van der Waals surface area contributed by atoms with Crippen molar-refractivity contribution in [2.45, 2.75) is 38.8 Å². The molecular weight excluding hydrogens is 673 g/mol. The molecule has 2 fully saturated rings. The molecule has 16 heteroatoms. The fourth-order valence-electron chi connectivity index (χ4n) is 6.74. The van der Waals surface area contributed by atoms with Crippen LogP contribution in [0.4, 0.5) is 24.7 Å². The Morgan fingerprint density at radius 2 is 1.92 bits per heavy atom. The lowest BCUT2D eigenvalue weighted by Gasteiger charge is -2.43. The number of hydrogen-bond acceptors (Lipinski definition) is 13. The van der Waals surface area contributed by atoms with E-state index in [1.54, 1.807) is 11.0 Å². The number of aliphatic hydroxyl groups is 5. The Morgan fingerprint density at radius 3 is 2.63 bits per heavy atom. The van der Waals surface area contributed by atoms with E-state index in [1.807, 2.05) is 6.92 Å². The van der Waals surface area contributed by atoms with Crippen molar-refractivity contribution in [3.8, 4) is 29.6 Å². The average Bonchev–Trinajstić information content (AvgIpc) is 3.40. The number of aromatic nitrogens is 3. The molecule has 2 aromatic carbocycles. The lowest BCUT2D eigenvalue weighted by Crippen LogP contribution is -2.60. The minimum absolute atomic E-state index is 0.00618. The minimum atomic E-state index is -3.39. The number of pyridine rings is 1. The number of halogens is 3. The number of nitrogens with two attached hydrogens (primary N) is 1. The highest BCUT2D eigenvalue weighted by Crippen LogP contribution is 2.45. The first-order chi connectivity index (χ1) is 24.1. The van der Waals surface area contributed by atoms with Crippen LogP contribution in [0.2, 0.25) is 0 Å². The number of fused-ring (bicyclic) bond motifs is 2. The van der Waals surface area contributed by atoms with E-state index in [0.29, 0.717) is 30.0 Å². The van der Waals surface area contributed by atoms with E-state index < -0.39 is 41.7 Å². The van der Waals surface area contributed by atoms with E-state index in [1.165, 1.54) is 31.3 Å². The topological polar surface area (TPSA) is 191 Å². The quantitative estimate of drug-likeness (QED) is 0.0974. The van der Waals surface area contributed by atoms with Crippen LogP contribution in [-0.2, 0) is 4.74 Å². The van der Waals surface area contributed by atoms with Crippen LogP contribution in [0.5, 0.6) is 6.01 Å². The standard InChI is InChI=1S/C35H37F3N6O7/c1-4-23-26(37)8-7-20-12-22(39)13-24(27(20)23)29-28(38)30-25(15-40-29)31(43-10-11-50-17-19(2)16-43)42-32(41-30)51-34(45,46)33(3)18-44(35(47,48)49)9-5-6-21(33)14-36/h1,7-8,12-15,19,45-49H,5-6,9-11,16-18,39H2,2-3H3/b21-14+/t19?,33-/m0/s1. The third-order valence-electron chi connectivity index (χ3n) is 9.47. The molecule has 2 atom stereocenters. The van der Waals surface area contributed by atoms with Crippen molar-refractivity contribution in [2.24, 2.45) is 11.3 Å².